The quantitative estimate of drug-likeness (QED) is 0.749. The van der Waals surface area contributed by atoms with Crippen LogP contribution in [0.3, 0.4) is 0 Å². The fourth-order valence-electron chi connectivity index (χ4n) is 3.87. The van der Waals surface area contributed by atoms with E-state index in [0.717, 1.165) is 23.9 Å². The lowest BCUT2D eigenvalue weighted by atomic mass is 9.83. The molecule has 0 radical (unpaired) electrons. The van der Waals surface area contributed by atoms with Gasteiger partial charge in [-0.05, 0) is 49.8 Å². The topological polar surface area (TPSA) is 20.3 Å². The van der Waals surface area contributed by atoms with Crippen LogP contribution in [0.1, 0.15) is 55.3 Å². The van der Waals surface area contributed by atoms with Crippen molar-refractivity contribution in [1.29, 1.82) is 0 Å². The molecule has 3 rings (SSSR count). The molecule has 4 heteroatoms. The van der Waals surface area contributed by atoms with Crippen molar-refractivity contribution in [1.82, 2.24) is 4.90 Å². The van der Waals surface area contributed by atoms with Gasteiger partial charge < -0.3 is 4.90 Å². The minimum Gasteiger partial charge on any atom is -0.335 e. The molecule has 0 spiro atoms. The molecule has 0 N–H and O–H groups in total. The molecule has 1 aliphatic heterocycles. The van der Waals surface area contributed by atoms with Crippen LogP contribution in [0.25, 0.3) is 0 Å². The van der Waals surface area contributed by atoms with E-state index in [4.69, 9.17) is 0 Å². The molecular formula is C17H21BrFNO. The Balaban J connectivity index is 1.80. The molecule has 0 aromatic heterocycles. The summed E-state index contributed by atoms with van der Waals surface area (Å²) in [5, 5.41) is 0. The van der Waals surface area contributed by atoms with E-state index in [1.165, 1.54) is 38.2 Å². The SMILES string of the molecule is O=C(c1cc(Br)ccc1F)N1CCCC1C1CCCCC1. The predicted octanol–water partition coefficient (Wildman–Crippen LogP) is 4.77. The Morgan fingerprint density at radius 1 is 1.14 bits per heavy atom. The second-order valence-corrected chi connectivity index (χ2v) is 7.15. The van der Waals surface area contributed by atoms with Crippen LogP contribution in [-0.4, -0.2) is 23.4 Å². The van der Waals surface area contributed by atoms with Crippen LogP contribution in [0, 0.1) is 11.7 Å². The van der Waals surface area contributed by atoms with E-state index in [2.05, 4.69) is 15.9 Å². The molecule has 1 unspecified atom stereocenters. The third-order valence-electron chi connectivity index (χ3n) is 4.91. The summed E-state index contributed by atoms with van der Waals surface area (Å²) < 4.78 is 14.7. The lowest BCUT2D eigenvalue weighted by molar-refractivity contribution is 0.0656. The highest BCUT2D eigenvalue weighted by Crippen LogP contribution is 2.35. The molecule has 114 valence electrons. The van der Waals surface area contributed by atoms with Crippen molar-refractivity contribution in [3.8, 4) is 0 Å². The van der Waals surface area contributed by atoms with Crippen LogP contribution >= 0.6 is 15.9 Å². The second-order valence-electron chi connectivity index (χ2n) is 6.23. The molecule has 1 aromatic carbocycles. The van der Waals surface area contributed by atoms with Crippen molar-refractivity contribution >= 4 is 21.8 Å². The minimum atomic E-state index is -0.419. The van der Waals surface area contributed by atoms with Gasteiger partial charge in [-0.25, -0.2) is 4.39 Å². The third-order valence-corrected chi connectivity index (χ3v) is 5.41. The Hall–Kier alpha value is -0.900. The summed E-state index contributed by atoms with van der Waals surface area (Å²) in [6.45, 7) is 0.770. The molecular weight excluding hydrogens is 333 g/mol. The number of carbonyl (C=O) groups excluding carboxylic acids is 1. The number of carbonyl (C=O) groups is 1. The van der Waals surface area contributed by atoms with Crippen LogP contribution in [0.15, 0.2) is 22.7 Å². The van der Waals surface area contributed by atoms with Crippen molar-refractivity contribution in [2.45, 2.75) is 51.0 Å². The molecule has 1 aromatic rings. The highest BCUT2D eigenvalue weighted by atomic mass is 79.9. The molecule has 0 bridgehead atoms. The van der Waals surface area contributed by atoms with E-state index < -0.39 is 5.82 Å². The summed E-state index contributed by atoms with van der Waals surface area (Å²) in [6, 6.07) is 4.92. The summed E-state index contributed by atoms with van der Waals surface area (Å²) in [6.07, 6.45) is 8.42. The first-order valence-electron chi connectivity index (χ1n) is 7.93. The predicted molar refractivity (Wildman–Crippen MR) is 84.7 cm³/mol. The lowest BCUT2D eigenvalue weighted by Crippen LogP contribution is -2.41. The van der Waals surface area contributed by atoms with Crippen LogP contribution in [0.2, 0.25) is 0 Å². The summed E-state index contributed by atoms with van der Waals surface area (Å²) >= 11 is 3.33. The molecule has 2 aliphatic rings. The Kier molecular flexibility index (Phi) is 4.63. The standard InChI is InChI=1S/C17H21BrFNO/c18-13-8-9-15(19)14(11-13)17(21)20-10-4-7-16(20)12-5-2-1-3-6-12/h8-9,11-12,16H,1-7,10H2. The number of nitrogens with zero attached hydrogens (tertiary/aromatic N) is 1. The van der Waals surface area contributed by atoms with Crippen molar-refractivity contribution < 1.29 is 9.18 Å². The van der Waals surface area contributed by atoms with Gasteiger partial charge in [0.05, 0.1) is 5.56 Å². The van der Waals surface area contributed by atoms with Crippen LogP contribution < -0.4 is 0 Å². The van der Waals surface area contributed by atoms with Gasteiger partial charge in [-0.15, -0.1) is 0 Å². The van der Waals surface area contributed by atoms with E-state index in [1.807, 2.05) is 4.90 Å². The van der Waals surface area contributed by atoms with Gasteiger partial charge in [-0.2, -0.15) is 0 Å². The fourth-order valence-corrected chi connectivity index (χ4v) is 4.23. The Bertz CT molecular complexity index is 528. The van der Waals surface area contributed by atoms with E-state index in [1.54, 1.807) is 12.1 Å². The summed E-state index contributed by atoms with van der Waals surface area (Å²) in [7, 11) is 0. The number of benzene rings is 1. The smallest absolute Gasteiger partial charge is 0.257 e. The molecule has 1 amide bonds. The van der Waals surface area contributed by atoms with Gasteiger partial charge in [0.15, 0.2) is 0 Å². The van der Waals surface area contributed by atoms with Crippen molar-refractivity contribution in [2.24, 2.45) is 5.92 Å². The number of halogens is 2. The van der Waals surface area contributed by atoms with Gasteiger partial charge in [0, 0.05) is 17.1 Å². The van der Waals surface area contributed by atoms with Gasteiger partial charge in [0.25, 0.3) is 5.91 Å². The number of rotatable bonds is 2. The zero-order valence-electron chi connectivity index (χ0n) is 12.2. The first-order valence-corrected chi connectivity index (χ1v) is 8.72. The highest BCUT2D eigenvalue weighted by molar-refractivity contribution is 9.10. The number of amides is 1. The third kappa shape index (κ3) is 3.15. The first kappa shape index (κ1) is 15.0. The normalized spacial score (nSPS) is 23.5. The summed E-state index contributed by atoms with van der Waals surface area (Å²) in [4.78, 5) is 14.7. The fraction of sp³-hybridized carbons (Fsp3) is 0.588. The Morgan fingerprint density at radius 3 is 2.67 bits per heavy atom. The summed E-state index contributed by atoms with van der Waals surface area (Å²) in [5.74, 6) is 0.0554. The number of likely N-dealkylation sites (tertiary alicyclic amines) is 1. The van der Waals surface area contributed by atoms with Gasteiger partial charge in [-0.1, -0.05) is 35.2 Å². The van der Waals surface area contributed by atoms with Crippen molar-refractivity contribution in [3.05, 3.63) is 34.1 Å². The Morgan fingerprint density at radius 2 is 1.90 bits per heavy atom. The average molecular weight is 354 g/mol. The molecule has 2 fully saturated rings. The van der Waals surface area contributed by atoms with Crippen molar-refractivity contribution in [2.75, 3.05) is 6.54 Å². The first-order chi connectivity index (χ1) is 10.2. The van der Waals surface area contributed by atoms with Crippen LogP contribution in [-0.2, 0) is 0 Å². The molecule has 1 saturated carbocycles. The zero-order chi connectivity index (χ0) is 14.8. The van der Waals surface area contributed by atoms with Crippen molar-refractivity contribution in [3.63, 3.8) is 0 Å². The minimum absolute atomic E-state index is 0.137. The largest absolute Gasteiger partial charge is 0.335 e. The van der Waals surface area contributed by atoms with E-state index in [0.29, 0.717) is 12.0 Å². The van der Waals surface area contributed by atoms with Crippen LogP contribution in [0.5, 0.6) is 0 Å². The van der Waals surface area contributed by atoms with E-state index >= 15 is 0 Å². The highest BCUT2D eigenvalue weighted by Gasteiger charge is 2.36. The van der Waals surface area contributed by atoms with Gasteiger partial charge in [0.1, 0.15) is 5.82 Å². The number of hydrogen-bond donors (Lipinski definition) is 0. The molecule has 1 atom stereocenters. The lowest BCUT2D eigenvalue weighted by Gasteiger charge is -2.34. The van der Waals surface area contributed by atoms with E-state index in [-0.39, 0.29) is 11.5 Å². The molecule has 1 heterocycles. The Labute approximate surface area is 133 Å². The molecule has 2 nitrogen and oxygen atoms in total. The maximum absolute atomic E-state index is 14.0. The second kappa shape index (κ2) is 6.47. The molecule has 1 saturated heterocycles. The average Bonchev–Trinajstić information content (AvgIpc) is 2.99. The zero-order valence-corrected chi connectivity index (χ0v) is 13.7. The van der Waals surface area contributed by atoms with Gasteiger partial charge in [0.2, 0.25) is 0 Å². The van der Waals surface area contributed by atoms with Crippen LogP contribution in [0.4, 0.5) is 4.39 Å². The number of hydrogen-bond acceptors (Lipinski definition) is 1. The van der Waals surface area contributed by atoms with Gasteiger partial charge >= 0.3 is 0 Å². The summed E-state index contributed by atoms with van der Waals surface area (Å²) in [5.41, 5.74) is 0.201. The maximum atomic E-state index is 14.0. The van der Waals surface area contributed by atoms with E-state index in [9.17, 15) is 9.18 Å². The molecule has 21 heavy (non-hydrogen) atoms. The molecule has 1 aliphatic carbocycles. The monoisotopic (exact) mass is 353 g/mol. The maximum Gasteiger partial charge on any atom is 0.257 e. The van der Waals surface area contributed by atoms with Gasteiger partial charge in [-0.3, -0.25) is 4.79 Å².